The number of anilines is 1. The second kappa shape index (κ2) is 9.00. The first kappa shape index (κ1) is 23.3. The summed E-state index contributed by atoms with van der Waals surface area (Å²) in [6.07, 6.45) is 2.37. The molecular weight excluding hydrogens is 441 g/mol. The molecule has 0 saturated carbocycles. The van der Waals surface area contributed by atoms with E-state index in [0.29, 0.717) is 6.54 Å². The number of barbiturate groups is 1. The van der Waals surface area contributed by atoms with Crippen LogP contribution in [0.3, 0.4) is 0 Å². The van der Waals surface area contributed by atoms with E-state index in [2.05, 4.69) is 0 Å². The molecule has 0 unspecified atom stereocenters. The zero-order chi connectivity index (χ0) is 22.9. The van der Waals surface area contributed by atoms with Crippen molar-refractivity contribution in [2.75, 3.05) is 24.2 Å². The van der Waals surface area contributed by atoms with E-state index in [-0.39, 0.29) is 5.57 Å². The van der Waals surface area contributed by atoms with Crippen LogP contribution in [0.4, 0.5) is 10.5 Å². The average molecular weight is 465 g/mol. The monoisotopic (exact) mass is 465 g/mol. The zero-order valence-electron chi connectivity index (χ0n) is 17.4. The third-order valence-corrected chi connectivity index (χ3v) is 6.75. The summed E-state index contributed by atoms with van der Waals surface area (Å²) in [6.45, 7) is 5.46. The lowest BCUT2D eigenvalue weighted by Gasteiger charge is -2.36. The summed E-state index contributed by atoms with van der Waals surface area (Å²) in [4.78, 5) is 61.5. The Hall–Kier alpha value is -2.39. The van der Waals surface area contributed by atoms with Gasteiger partial charge in [-0.05, 0) is 45.1 Å². The van der Waals surface area contributed by atoms with Crippen LogP contribution in [0.25, 0.3) is 0 Å². The number of hydrogen-bond donors (Lipinski definition) is 2. The maximum atomic E-state index is 12.9. The van der Waals surface area contributed by atoms with Gasteiger partial charge in [-0.25, -0.2) is 4.79 Å². The number of imide groups is 2. The highest BCUT2D eigenvalue weighted by Gasteiger charge is 2.43. The molecule has 2 aliphatic heterocycles. The molecule has 1 aromatic rings. The third kappa shape index (κ3) is 4.77. The number of urea groups is 1. The van der Waals surface area contributed by atoms with E-state index < -0.39 is 44.2 Å². The van der Waals surface area contributed by atoms with Crippen molar-refractivity contribution >= 4 is 42.9 Å². The van der Waals surface area contributed by atoms with E-state index in [1.165, 1.54) is 17.8 Å². The number of nitrogens with zero attached hydrogens (tertiary/aromatic N) is 3. The molecule has 2 aliphatic rings. The van der Waals surface area contributed by atoms with Gasteiger partial charge in [0, 0.05) is 24.0 Å². The molecule has 2 heterocycles. The highest BCUT2D eigenvalue weighted by atomic mass is 32.2. The predicted molar refractivity (Wildman–Crippen MR) is 117 cm³/mol. The summed E-state index contributed by atoms with van der Waals surface area (Å²) in [7, 11) is -4.43. The summed E-state index contributed by atoms with van der Waals surface area (Å²) >= 11 is 1.50. The van der Waals surface area contributed by atoms with E-state index in [0.717, 1.165) is 25.4 Å². The maximum Gasteiger partial charge on any atom is 0.334 e. The van der Waals surface area contributed by atoms with Crippen LogP contribution < -0.4 is 4.90 Å². The molecule has 4 amide bonds. The number of rotatable bonds is 6. The highest BCUT2D eigenvalue weighted by molar-refractivity contribution is 8.03. The molecule has 9 nitrogen and oxygen atoms in total. The number of carbonyl (C=O) groups excluding carboxylic acids is 3. The molecular formula is C20H24N3O6PS. The number of hydrogen-bond acceptors (Lipinski definition) is 6. The van der Waals surface area contributed by atoms with Crippen molar-refractivity contribution in [1.82, 2.24) is 9.80 Å². The van der Waals surface area contributed by atoms with Gasteiger partial charge in [-0.2, -0.15) is 0 Å². The lowest BCUT2D eigenvalue weighted by atomic mass is 10.1. The van der Waals surface area contributed by atoms with Crippen molar-refractivity contribution < 1.29 is 28.7 Å². The molecule has 0 bridgehead atoms. The molecule has 1 aromatic carbocycles. The van der Waals surface area contributed by atoms with E-state index in [1.807, 2.05) is 36.1 Å². The maximum absolute atomic E-state index is 12.9. The fourth-order valence-corrected chi connectivity index (χ4v) is 4.94. The summed E-state index contributed by atoms with van der Waals surface area (Å²) in [5.41, 5.74) is 0.808. The van der Waals surface area contributed by atoms with E-state index in [9.17, 15) is 18.9 Å². The molecule has 0 atom stereocenters. The van der Waals surface area contributed by atoms with Crippen molar-refractivity contribution in [2.24, 2.45) is 0 Å². The smallest absolute Gasteiger partial charge is 0.334 e. The SMILES string of the molecule is CCN1C(=CC=C2C(=O)N(CCP(=O)(O)O)C(=O)N(C(C)C)C2=O)Sc2ccccc21. The number of para-hydroxylation sites is 1. The Labute approximate surface area is 184 Å². The molecule has 0 aromatic heterocycles. The van der Waals surface area contributed by atoms with Crippen molar-refractivity contribution in [3.63, 3.8) is 0 Å². The largest absolute Gasteiger partial charge is 0.335 e. The molecule has 1 fully saturated rings. The standard InChI is InChI=1S/C20H24N3O6PS/c1-4-21-15-7-5-6-8-16(15)31-17(21)10-9-14-18(24)22(11-12-30(27,28)29)20(26)23(13(2)3)19(14)25/h5-10,13H,4,11-12H2,1-3H3,(H2,27,28,29). The first-order chi connectivity index (χ1) is 14.5. The first-order valence-corrected chi connectivity index (χ1v) is 12.4. The van der Waals surface area contributed by atoms with Gasteiger partial charge in [0.25, 0.3) is 11.8 Å². The zero-order valence-corrected chi connectivity index (χ0v) is 19.1. The highest BCUT2D eigenvalue weighted by Crippen LogP contribution is 2.45. The molecule has 0 spiro atoms. The van der Waals surface area contributed by atoms with Crippen LogP contribution in [0.15, 0.2) is 51.9 Å². The van der Waals surface area contributed by atoms with E-state index in [4.69, 9.17) is 9.79 Å². The van der Waals surface area contributed by atoms with Gasteiger partial charge in [-0.15, -0.1) is 0 Å². The van der Waals surface area contributed by atoms with E-state index in [1.54, 1.807) is 19.9 Å². The number of amides is 4. The van der Waals surface area contributed by atoms with Crippen LogP contribution >= 0.6 is 19.4 Å². The summed E-state index contributed by atoms with van der Waals surface area (Å²) in [6, 6.07) is 6.43. The third-order valence-electron chi connectivity index (χ3n) is 4.84. The average Bonchev–Trinajstić information content (AvgIpc) is 3.03. The summed E-state index contributed by atoms with van der Waals surface area (Å²) in [5.74, 6) is -1.58. The Bertz CT molecular complexity index is 1030. The molecule has 0 radical (unpaired) electrons. The number of allylic oxidation sites excluding steroid dienone is 2. The van der Waals surface area contributed by atoms with Gasteiger partial charge < -0.3 is 14.7 Å². The van der Waals surface area contributed by atoms with Crippen LogP contribution in [-0.4, -0.2) is 62.7 Å². The van der Waals surface area contributed by atoms with Gasteiger partial charge in [-0.1, -0.05) is 23.9 Å². The number of fused-ring (bicyclic) bond motifs is 1. The van der Waals surface area contributed by atoms with Crippen LogP contribution in [0.5, 0.6) is 0 Å². The second-order valence-corrected chi connectivity index (χ2v) is 10.1. The Morgan fingerprint density at radius 3 is 2.35 bits per heavy atom. The Morgan fingerprint density at radius 2 is 1.74 bits per heavy atom. The lowest BCUT2D eigenvalue weighted by Crippen LogP contribution is -2.58. The summed E-state index contributed by atoms with van der Waals surface area (Å²) in [5, 5.41) is 0.826. The topological polar surface area (TPSA) is 118 Å². The van der Waals surface area contributed by atoms with Crippen LogP contribution in [0, 0.1) is 0 Å². The van der Waals surface area contributed by atoms with Gasteiger partial charge in [0.05, 0.1) is 16.9 Å². The quantitative estimate of drug-likeness (QED) is 0.374. The second-order valence-electron chi connectivity index (χ2n) is 7.30. The first-order valence-electron chi connectivity index (χ1n) is 9.75. The van der Waals surface area contributed by atoms with Crippen molar-refractivity contribution in [2.45, 2.75) is 31.7 Å². The van der Waals surface area contributed by atoms with Crippen molar-refractivity contribution in [3.05, 3.63) is 47.0 Å². The molecule has 3 rings (SSSR count). The number of benzene rings is 1. The predicted octanol–water partition coefficient (Wildman–Crippen LogP) is 2.76. The van der Waals surface area contributed by atoms with Crippen LogP contribution in [0.2, 0.25) is 0 Å². The van der Waals surface area contributed by atoms with Gasteiger partial charge >= 0.3 is 13.6 Å². The Kier molecular flexibility index (Phi) is 6.76. The number of carbonyl (C=O) groups is 3. The van der Waals surface area contributed by atoms with Gasteiger partial charge in [0.2, 0.25) is 0 Å². The van der Waals surface area contributed by atoms with Gasteiger partial charge in [-0.3, -0.25) is 24.0 Å². The molecule has 2 N–H and O–H groups in total. The minimum atomic E-state index is -4.43. The van der Waals surface area contributed by atoms with Gasteiger partial charge in [0.15, 0.2) is 0 Å². The molecule has 0 aliphatic carbocycles. The van der Waals surface area contributed by atoms with Crippen LogP contribution in [-0.2, 0) is 14.2 Å². The molecule has 11 heteroatoms. The van der Waals surface area contributed by atoms with E-state index >= 15 is 0 Å². The molecule has 166 valence electrons. The van der Waals surface area contributed by atoms with Crippen LogP contribution in [0.1, 0.15) is 20.8 Å². The minimum absolute atomic E-state index is 0.223. The normalized spacial score (nSPS) is 19.9. The van der Waals surface area contributed by atoms with Crippen molar-refractivity contribution in [3.8, 4) is 0 Å². The van der Waals surface area contributed by atoms with Crippen molar-refractivity contribution in [1.29, 1.82) is 0 Å². The van der Waals surface area contributed by atoms with Gasteiger partial charge in [0.1, 0.15) is 5.57 Å². The minimum Gasteiger partial charge on any atom is -0.335 e. The Balaban J connectivity index is 1.96. The summed E-state index contributed by atoms with van der Waals surface area (Å²) < 4.78 is 11.3. The lowest BCUT2D eigenvalue weighted by molar-refractivity contribution is -0.136. The molecule has 31 heavy (non-hydrogen) atoms. The number of thioether (sulfide) groups is 1. The molecule has 1 saturated heterocycles. The fourth-order valence-electron chi connectivity index (χ4n) is 3.35. The Morgan fingerprint density at radius 1 is 1.06 bits per heavy atom. The fraction of sp³-hybridized carbons (Fsp3) is 0.350.